The SMILES string of the molecule is Cc1ccc(C)c(OCCOc2ccc(Cl)cc2C=NO)c1. The van der Waals surface area contributed by atoms with E-state index in [1.807, 2.05) is 32.0 Å². The molecule has 0 unspecified atom stereocenters. The smallest absolute Gasteiger partial charge is 0.128 e. The first-order valence-electron chi connectivity index (χ1n) is 6.90. The second-order valence-electron chi connectivity index (χ2n) is 4.89. The van der Waals surface area contributed by atoms with Crippen molar-refractivity contribution in [3.63, 3.8) is 0 Å². The zero-order valence-electron chi connectivity index (χ0n) is 12.5. The van der Waals surface area contributed by atoms with Gasteiger partial charge in [-0.25, -0.2) is 0 Å². The van der Waals surface area contributed by atoms with Crippen LogP contribution in [-0.4, -0.2) is 24.6 Å². The van der Waals surface area contributed by atoms with Crippen LogP contribution in [0.5, 0.6) is 11.5 Å². The molecule has 4 nitrogen and oxygen atoms in total. The van der Waals surface area contributed by atoms with Crippen LogP contribution in [0.25, 0.3) is 0 Å². The third-order valence-corrected chi connectivity index (χ3v) is 3.35. The molecule has 0 saturated carbocycles. The lowest BCUT2D eigenvalue weighted by Crippen LogP contribution is -2.10. The first kappa shape index (κ1) is 16.2. The molecule has 22 heavy (non-hydrogen) atoms. The highest BCUT2D eigenvalue weighted by molar-refractivity contribution is 6.30. The molecule has 0 saturated heterocycles. The van der Waals surface area contributed by atoms with E-state index in [1.54, 1.807) is 18.2 Å². The number of nitrogens with zero attached hydrogens (tertiary/aromatic N) is 1. The van der Waals surface area contributed by atoms with Crippen molar-refractivity contribution >= 4 is 17.8 Å². The summed E-state index contributed by atoms with van der Waals surface area (Å²) < 4.78 is 11.4. The Labute approximate surface area is 134 Å². The van der Waals surface area contributed by atoms with E-state index < -0.39 is 0 Å². The summed E-state index contributed by atoms with van der Waals surface area (Å²) in [5.74, 6) is 1.45. The average Bonchev–Trinajstić information content (AvgIpc) is 2.49. The van der Waals surface area contributed by atoms with Gasteiger partial charge in [-0.05, 0) is 49.2 Å². The Kier molecular flexibility index (Phi) is 5.67. The van der Waals surface area contributed by atoms with Crippen LogP contribution in [0.3, 0.4) is 0 Å². The minimum atomic E-state index is 0.376. The predicted octanol–water partition coefficient (Wildman–Crippen LogP) is 4.22. The van der Waals surface area contributed by atoms with Crippen molar-refractivity contribution in [2.45, 2.75) is 13.8 Å². The Morgan fingerprint density at radius 1 is 1.05 bits per heavy atom. The van der Waals surface area contributed by atoms with Gasteiger partial charge < -0.3 is 14.7 Å². The molecule has 0 radical (unpaired) electrons. The largest absolute Gasteiger partial charge is 0.490 e. The van der Waals surface area contributed by atoms with E-state index in [1.165, 1.54) is 6.21 Å². The third-order valence-electron chi connectivity index (χ3n) is 3.11. The maximum atomic E-state index is 8.66. The highest BCUT2D eigenvalue weighted by Gasteiger charge is 2.04. The van der Waals surface area contributed by atoms with Crippen LogP contribution in [-0.2, 0) is 0 Å². The van der Waals surface area contributed by atoms with E-state index in [2.05, 4.69) is 5.16 Å². The van der Waals surface area contributed by atoms with Crippen LogP contribution in [0.4, 0.5) is 0 Å². The molecule has 0 amide bonds. The Hall–Kier alpha value is -2.20. The van der Waals surface area contributed by atoms with E-state index in [0.29, 0.717) is 29.5 Å². The van der Waals surface area contributed by atoms with E-state index >= 15 is 0 Å². The number of halogens is 1. The Balaban J connectivity index is 1.93. The summed E-state index contributed by atoms with van der Waals surface area (Å²) in [6.45, 7) is 4.82. The zero-order chi connectivity index (χ0) is 15.9. The lowest BCUT2D eigenvalue weighted by atomic mass is 10.1. The molecule has 0 aliphatic heterocycles. The number of rotatable bonds is 6. The summed E-state index contributed by atoms with van der Waals surface area (Å²) in [5, 5.41) is 12.2. The molecule has 2 aromatic carbocycles. The van der Waals surface area contributed by atoms with Crippen molar-refractivity contribution in [2.24, 2.45) is 5.16 Å². The fraction of sp³-hybridized carbons (Fsp3) is 0.235. The second-order valence-corrected chi connectivity index (χ2v) is 5.33. The number of hydrogen-bond donors (Lipinski definition) is 1. The van der Waals surface area contributed by atoms with E-state index in [9.17, 15) is 0 Å². The number of ether oxygens (including phenoxy) is 2. The maximum Gasteiger partial charge on any atom is 0.128 e. The van der Waals surface area contributed by atoms with Crippen LogP contribution in [0.2, 0.25) is 5.02 Å². The summed E-state index contributed by atoms with van der Waals surface area (Å²) in [7, 11) is 0. The van der Waals surface area contributed by atoms with Crippen molar-refractivity contribution in [3.05, 3.63) is 58.1 Å². The lowest BCUT2D eigenvalue weighted by molar-refractivity contribution is 0.216. The van der Waals surface area contributed by atoms with Gasteiger partial charge >= 0.3 is 0 Å². The van der Waals surface area contributed by atoms with Gasteiger partial charge in [0.25, 0.3) is 0 Å². The average molecular weight is 320 g/mol. The van der Waals surface area contributed by atoms with Gasteiger partial charge in [0, 0.05) is 10.6 Å². The summed E-state index contributed by atoms with van der Waals surface area (Å²) in [6, 6.07) is 11.2. The molecular weight excluding hydrogens is 302 g/mol. The number of hydrogen-bond acceptors (Lipinski definition) is 4. The van der Waals surface area contributed by atoms with Gasteiger partial charge in [0.15, 0.2) is 0 Å². The summed E-state index contributed by atoms with van der Waals surface area (Å²) in [4.78, 5) is 0. The minimum Gasteiger partial charge on any atom is -0.490 e. The molecule has 0 spiro atoms. The quantitative estimate of drug-likeness (QED) is 0.375. The molecule has 0 bridgehead atoms. The van der Waals surface area contributed by atoms with Crippen molar-refractivity contribution in [3.8, 4) is 11.5 Å². The van der Waals surface area contributed by atoms with Crippen molar-refractivity contribution in [1.29, 1.82) is 0 Å². The van der Waals surface area contributed by atoms with Gasteiger partial charge in [-0.1, -0.05) is 28.9 Å². The van der Waals surface area contributed by atoms with E-state index in [-0.39, 0.29) is 0 Å². The molecule has 0 aliphatic carbocycles. The van der Waals surface area contributed by atoms with E-state index in [0.717, 1.165) is 16.9 Å². The van der Waals surface area contributed by atoms with Gasteiger partial charge in [-0.3, -0.25) is 0 Å². The molecule has 1 N–H and O–H groups in total. The van der Waals surface area contributed by atoms with Gasteiger partial charge in [0.1, 0.15) is 24.7 Å². The standard InChI is InChI=1S/C17H18ClNO3/c1-12-3-4-13(2)17(9-12)22-8-7-21-16-6-5-15(18)10-14(16)11-19-20/h3-6,9-11,20H,7-8H2,1-2H3. The predicted molar refractivity (Wildman–Crippen MR) is 87.7 cm³/mol. The molecule has 2 aromatic rings. The van der Waals surface area contributed by atoms with Crippen LogP contribution < -0.4 is 9.47 Å². The molecule has 0 atom stereocenters. The number of benzene rings is 2. The number of aryl methyl sites for hydroxylation is 2. The fourth-order valence-electron chi connectivity index (χ4n) is 1.98. The molecule has 116 valence electrons. The molecule has 2 rings (SSSR count). The lowest BCUT2D eigenvalue weighted by Gasteiger charge is -2.12. The second kappa shape index (κ2) is 7.71. The monoisotopic (exact) mass is 319 g/mol. The van der Waals surface area contributed by atoms with Crippen molar-refractivity contribution in [1.82, 2.24) is 0 Å². The Morgan fingerprint density at radius 2 is 1.77 bits per heavy atom. The van der Waals surface area contributed by atoms with Crippen LogP contribution in [0.15, 0.2) is 41.6 Å². The van der Waals surface area contributed by atoms with Gasteiger partial charge in [-0.15, -0.1) is 0 Å². The first-order chi connectivity index (χ1) is 10.6. The maximum absolute atomic E-state index is 8.66. The Bertz CT molecular complexity index is 671. The van der Waals surface area contributed by atoms with Crippen LogP contribution in [0.1, 0.15) is 16.7 Å². The zero-order valence-corrected chi connectivity index (χ0v) is 13.3. The molecule has 5 heteroatoms. The first-order valence-corrected chi connectivity index (χ1v) is 7.28. The topological polar surface area (TPSA) is 51.0 Å². The highest BCUT2D eigenvalue weighted by atomic mass is 35.5. The minimum absolute atomic E-state index is 0.376. The molecule has 0 fully saturated rings. The van der Waals surface area contributed by atoms with Crippen LogP contribution >= 0.6 is 11.6 Å². The third kappa shape index (κ3) is 4.40. The van der Waals surface area contributed by atoms with Gasteiger partial charge in [-0.2, -0.15) is 0 Å². The van der Waals surface area contributed by atoms with E-state index in [4.69, 9.17) is 26.3 Å². The van der Waals surface area contributed by atoms with Gasteiger partial charge in [0.2, 0.25) is 0 Å². The summed E-state index contributed by atoms with van der Waals surface area (Å²) in [6.07, 6.45) is 1.28. The summed E-state index contributed by atoms with van der Waals surface area (Å²) in [5.41, 5.74) is 2.85. The normalized spacial score (nSPS) is 10.9. The molecule has 0 aromatic heterocycles. The summed E-state index contributed by atoms with van der Waals surface area (Å²) >= 11 is 5.90. The highest BCUT2D eigenvalue weighted by Crippen LogP contribution is 2.22. The molecule has 0 heterocycles. The molecular formula is C17H18ClNO3. The number of oxime groups is 1. The molecule has 0 aliphatic rings. The van der Waals surface area contributed by atoms with Crippen molar-refractivity contribution in [2.75, 3.05) is 13.2 Å². The van der Waals surface area contributed by atoms with Crippen molar-refractivity contribution < 1.29 is 14.7 Å². The van der Waals surface area contributed by atoms with Gasteiger partial charge in [0.05, 0.1) is 6.21 Å². The fourth-order valence-corrected chi connectivity index (χ4v) is 2.16. The van der Waals surface area contributed by atoms with Crippen LogP contribution in [0, 0.1) is 13.8 Å². The Morgan fingerprint density at radius 3 is 2.50 bits per heavy atom.